The van der Waals surface area contributed by atoms with Gasteiger partial charge in [-0.15, -0.1) is 0 Å². The molecule has 94 heavy (non-hydrogen) atoms. The lowest BCUT2D eigenvalue weighted by atomic mass is 9.99. The first-order chi connectivity index (χ1) is 47.2. The van der Waals surface area contributed by atoms with Crippen molar-refractivity contribution in [1.29, 1.82) is 0 Å². The molecule has 0 aliphatic heterocycles. The Morgan fingerprint density at radius 3 is 0.830 bits per heavy atom. The number of pyridine rings is 6. The van der Waals surface area contributed by atoms with E-state index in [-0.39, 0.29) is 0 Å². The number of nitrogens with zero attached hydrogens (tertiary/aromatic N) is 6. The van der Waals surface area contributed by atoms with Crippen LogP contribution >= 0.6 is 0 Å². The summed E-state index contributed by atoms with van der Waals surface area (Å²) in [6.07, 6.45) is 12.1. The van der Waals surface area contributed by atoms with Crippen molar-refractivity contribution in [3.05, 3.63) is 320 Å². The summed E-state index contributed by atoms with van der Waals surface area (Å²) in [5.41, 5.74) is 33.2. The fourth-order valence-corrected chi connectivity index (χ4v) is 11.5. The molecule has 6 heteroatoms. The van der Waals surface area contributed by atoms with Crippen LogP contribution < -0.4 is 27.4 Å². The van der Waals surface area contributed by atoms with Crippen LogP contribution in [0, 0.1) is 111 Å². The Morgan fingerprint density at radius 2 is 0.511 bits per heavy atom. The quantitative estimate of drug-likeness (QED) is 0.148. The smallest absolute Gasteiger partial charge is 0.201 e. The van der Waals surface area contributed by atoms with Crippen LogP contribution in [0.2, 0.25) is 0 Å². The SMILES string of the molecule is Cc1cc(-c2cccc(C)c2C)[n+](C)cc1C.Cc1ccc(-c2cccc[n+]2C)c(C)c1.Cc1cccc(-c2cccc[n+]2C)c1C.Cc1cccc(-c2cccc[n+]2C)c1C.[2H]C([2H])([2H])c1c[n+](C)c(-c2cccc(C)c2C)cc1C.[2H]C([2H])([2H])c1ccc(-c2cccc[n+]2C)c(C)c1. The van der Waals surface area contributed by atoms with Gasteiger partial charge in [-0.3, -0.25) is 0 Å². The number of aryl methyl sites for hydroxylation is 18. The molecular weight excluding hydrogens is 1140 g/mol. The summed E-state index contributed by atoms with van der Waals surface area (Å²) in [4.78, 5) is 0. The zero-order chi connectivity index (χ0) is 73.5. The summed E-state index contributed by atoms with van der Waals surface area (Å²) < 4.78 is 57.6. The predicted molar refractivity (Wildman–Crippen MR) is 394 cm³/mol. The summed E-state index contributed by atoms with van der Waals surface area (Å²) >= 11 is 0. The van der Waals surface area contributed by atoms with E-state index in [0.717, 1.165) is 33.6 Å². The molecule has 12 rings (SSSR count). The molecule has 0 bridgehead atoms. The van der Waals surface area contributed by atoms with E-state index in [1.807, 2.05) is 85.7 Å². The summed E-state index contributed by atoms with van der Waals surface area (Å²) in [6, 6.07) is 66.5. The number of rotatable bonds is 6. The Balaban J connectivity index is 0.000000169. The van der Waals surface area contributed by atoms with Crippen molar-refractivity contribution in [2.24, 2.45) is 42.3 Å². The Labute approximate surface area is 573 Å². The maximum absolute atomic E-state index is 7.58. The average molecular weight is 1250 g/mol. The Hall–Kier alpha value is -9.78. The van der Waals surface area contributed by atoms with Gasteiger partial charge in [-0.25, -0.2) is 27.4 Å². The molecule has 6 aromatic heterocycles. The molecule has 0 saturated carbocycles. The lowest BCUT2D eigenvalue weighted by Crippen LogP contribution is -2.31. The van der Waals surface area contributed by atoms with Gasteiger partial charge in [0.05, 0.1) is 0 Å². The van der Waals surface area contributed by atoms with Crippen LogP contribution in [0.5, 0.6) is 0 Å². The van der Waals surface area contributed by atoms with Crippen molar-refractivity contribution in [1.82, 2.24) is 0 Å². The molecule has 12 aromatic rings. The Kier molecular flexibility index (Phi) is 22.2. The molecule has 0 spiro atoms. The maximum Gasteiger partial charge on any atom is 0.212 e. The minimum atomic E-state index is -2.07. The lowest BCUT2D eigenvalue weighted by molar-refractivity contribution is -0.660. The van der Waals surface area contributed by atoms with Crippen molar-refractivity contribution in [3.63, 3.8) is 0 Å². The van der Waals surface area contributed by atoms with Crippen molar-refractivity contribution in [3.8, 4) is 67.5 Å². The van der Waals surface area contributed by atoms with E-state index in [2.05, 4.69) is 294 Å². The van der Waals surface area contributed by atoms with Crippen LogP contribution in [0.4, 0.5) is 0 Å². The predicted octanol–water partition coefficient (Wildman–Crippen LogP) is 18.0. The fraction of sp³-hybridized carbons (Fsp3) is 0.250. The second-order valence-corrected chi connectivity index (χ2v) is 25.1. The lowest BCUT2D eigenvalue weighted by Gasteiger charge is -2.08. The van der Waals surface area contributed by atoms with Gasteiger partial charge in [-0.05, 0) is 238 Å². The highest BCUT2D eigenvalue weighted by atomic mass is 14.9. The van der Waals surface area contributed by atoms with Gasteiger partial charge in [0.15, 0.2) is 37.2 Å². The second-order valence-electron chi connectivity index (χ2n) is 25.1. The summed E-state index contributed by atoms with van der Waals surface area (Å²) in [6.45, 7) is 25.5. The molecule has 6 nitrogen and oxygen atoms in total. The molecule has 0 amide bonds. The van der Waals surface area contributed by atoms with E-state index < -0.39 is 13.7 Å². The molecule has 0 atom stereocenters. The van der Waals surface area contributed by atoms with Gasteiger partial charge < -0.3 is 0 Å². The van der Waals surface area contributed by atoms with Crippen LogP contribution in [0.1, 0.15) is 97.2 Å². The Morgan fingerprint density at radius 1 is 0.213 bits per heavy atom. The zero-order valence-corrected chi connectivity index (χ0v) is 59.6. The zero-order valence-electron chi connectivity index (χ0n) is 65.6. The van der Waals surface area contributed by atoms with E-state index in [0.29, 0.717) is 11.1 Å². The molecule has 0 aliphatic rings. The van der Waals surface area contributed by atoms with E-state index in [1.165, 1.54) is 112 Å². The molecule has 480 valence electrons. The molecular formula is C88H104N6+6. The fourth-order valence-electron chi connectivity index (χ4n) is 11.5. The summed E-state index contributed by atoms with van der Waals surface area (Å²) in [7, 11) is 12.2. The molecule has 0 N–H and O–H groups in total. The molecule has 6 heterocycles. The highest BCUT2D eigenvalue weighted by molar-refractivity contribution is 5.67. The molecule has 0 aliphatic carbocycles. The monoisotopic (exact) mass is 1250 g/mol. The minimum absolute atomic E-state index is 0.391. The van der Waals surface area contributed by atoms with E-state index in [1.54, 1.807) is 18.3 Å². The number of benzene rings is 6. The molecule has 0 saturated heterocycles. The highest BCUT2D eigenvalue weighted by Gasteiger charge is 2.18. The molecule has 0 fully saturated rings. The highest BCUT2D eigenvalue weighted by Crippen LogP contribution is 2.28. The van der Waals surface area contributed by atoms with Crippen LogP contribution in [-0.4, -0.2) is 0 Å². The van der Waals surface area contributed by atoms with Crippen LogP contribution in [0.25, 0.3) is 67.5 Å². The standard InChI is InChI=1S/2C16H20N.4C14H16N/c2*1-11-7-6-8-15(14(11)4)16-9-12(2)13(3)10-17(16)5;2*1-11-7-6-8-13(12(11)2)14-9-4-5-10-15(14)3;2*1-11-7-8-13(12(2)10-11)14-6-4-5-9-15(14)3/h2*6-10H,1-5H3;4*4-10H,1-3H3/q6*+1/i3D3;;;;1D3;. The third-order valence-electron chi connectivity index (χ3n) is 18.1. The van der Waals surface area contributed by atoms with Gasteiger partial charge in [0.2, 0.25) is 34.2 Å². The van der Waals surface area contributed by atoms with Crippen molar-refractivity contribution < 1.29 is 35.6 Å². The van der Waals surface area contributed by atoms with Crippen LogP contribution in [-0.2, 0) is 42.3 Å². The molecule has 6 aromatic carbocycles. The normalized spacial score (nSPS) is 11.7. The van der Waals surface area contributed by atoms with Crippen LogP contribution in [0.15, 0.2) is 231 Å². The maximum atomic E-state index is 7.58. The van der Waals surface area contributed by atoms with Gasteiger partial charge in [0, 0.05) is 113 Å². The largest absolute Gasteiger partial charge is 0.212 e. The Bertz CT molecular complexity index is 4740. The summed E-state index contributed by atoms with van der Waals surface area (Å²) in [5.74, 6) is 0. The number of hydrogen-bond acceptors (Lipinski definition) is 0. The molecule has 0 unspecified atom stereocenters. The van der Waals surface area contributed by atoms with Crippen molar-refractivity contribution >= 4 is 0 Å². The third kappa shape index (κ3) is 18.3. The van der Waals surface area contributed by atoms with Gasteiger partial charge in [-0.1, -0.05) is 83.9 Å². The first-order valence-electron chi connectivity index (χ1n) is 35.4. The second kappa shape index (κ2) is 33.2. The third-order valence-corrected chi connectivity index (χ3v) is 18.1. The number of aromatic nitrogens is 6. The van der Waals surface area contributed by atoms with E-state index >= 15 is 0 Å². The van der Waals surface area contributed by atoms with E-state index in [9.17, 15) is 0 Å². The average Bonchev–Trinajstić information content (AvgIpc) is 0.794. The van der Waals surface area contributed by atoms with Gasteiger partial charge in [-0.2, -0.15) is 0 Å². The van der Waals surface area contributed by atoms with E-state index in [4.69, 9.17) is 8.22 Å². The van der Waals surface area contributed by atoms with Gasteiger partial charge in [0.1, 0.15) is 42.3 Å². The number of hydrogen-bond donors (Lipinski definition) is 0. The summed E-state index contributed by atoms with van der Waals surface area (Å²) in [5, 5.41) is 0. The first-order valence-corrected chi connectivity index (χ1v) is 32.4. The molecule has 0 radical (unpaired) electrons. The minimum Gasteiger partial charge on any atom is -0.201 e. The first kappa shape index (κ1) is 63.0. The van der Waals surface area contributed by atoms with Crippen molar-refractivity contribution in [2.75, 3.05) is 0 Å². The topological polar surface area (TPSA) is 23.3 Å². The van der Waals surface area contributed by atoms with Crippen LogP contribution in [0.3, 0.4) is 0 Å². The van der Waals surface area contributed by atoms with Crippen molar-refractivity contribution in [2.45, 2.75) is 111 Å². The van der Waals surface area contributed by atoms with Gasteiger partial charge >= 0.3 is 0 Å². The van der Waals surface area contributed by atoms with Gasteiger partial charge in [0.25, 0.3) is 0 Å².